The molecule has 0 saturated heterocycles. The summed E-state index contributed by atoms with van der Waals surface area (Å²) in [5.41, 5.74) is 6.03. The summed E-state index contributed by atoms with van der Waals surface area (Å²) in [6, 6.07) is 1.52. The summed E-state index contributed by atoms with van der Waals surface area (Å²) in [6.45, 7) is 1.66. The number of carboxylic acid groups (broad SMARTS) is 1. The minimum atomic E-state index is -1.61. The van der Waals surface area contributed by atoms with Crippen molar-refractivity contribution < 1.29 is 24.2 Å². The Kier molecular flexibility index (Phi) is 4.28. The quantitative estimate of drug-likeness (QED) is 0.589. The molecule has 0 aliphatic carbocycles. The maximum atomic E-state index is 12.0. The molecule has 0 fully saturated rings. The van der Waals surface area contributed by atoms with Crippen molar-refractivity contribution in [1.82, 2.24) is 0 Å². The Morgan fingerprint density at radius 2 is 1.89 bits per heavy atom. The Balaban J connectivity index is 3.31. The number of carbonyl (C=O) groups excluding carboxylic acids is 1. The van der Waals surface area contributed by atoms with Gasteiger partial charge in [-0.2, -0.15) is 0 Å². The Bertz CT molecular complexity index is 484. The van der Waals surface area contributed by atoms with Crippen LogP contribution in [-0.2, 0) is 4.79 Å². The summed E-state index contributed by atoms with van der Waals surface area (Å²) in [6.07, 6.45) is 0. The molecule has 0 aliphatic rings. The summed E-state index contributed by atoms with van der Waals surface area (Å²) < 4.78 is 10.1. The largest absolute Gasteiger partial charge is 0.497 e. The van der Waals surface area contributed by atoms with E-state index in [-0.39, 0.29) is 11.3 Å². The number of Topliss-reactive ketones (excluding diaryl/α,β-unsaturated/α-hetero) is 1. The van der Waals surface area contributed by atoms with Gasteiger partial charge in [0.15, 0.2) is 11.8 Å². The number of ether oxygens (including phenoxy) is 2. The first-order valence-electron chi connectivity index (χ1n) is 5.17. The average molecular weight is 253 g/mol. The molecule has 0 amide bonds. The molecule has 6 heteroatoms. The molecule has 1 aromatic rings. The van der Waals surface area contributed by atoms with Crippen LogP contribution in [0.5, 0.6) is 11.5 Å². The van der Waals surface area contributed by atoms with Crippen LogP contribution in [0.2, 0.25) is 0 Å². The SMILES string of the molecule is COc1cc(C)c(C(=O)C(N)C(=O)O)c(OC)c1. The minimum absolute atomic E-state index is 0.160. The zero-order chi connectivity index (χ0) is 13.9. The zero-order valence-corrected chi connectivity index (χ0v) is 10.4. The van der Waals surface area contributed by atoms with Gasteiger partial charge in [0.25, 0.3) is 0 Å². The molecule has 0 radical (unpaired) electrons. The van der Waals surface area contributed by atoms with Crippen LogP contribution in [0.15, 0.2) is 12.1 Å². The van der Waals surface area contributed by atoms with E-state index in [1.807, 2.05) is 0 Å². The van der Waals surface area contributed by atoms with Crippen molar-refractivity contribution in [2.75, 3.05) is 14.2 Å². The Morgan fingerprint density at radius 3 is 2.33 bits per heavy atom. The molecule has 3 N–H and O–H groups in total. The van der Waals surface area contributed by atoms with Gasteiger partial charge < -0.3 is 20.3 Å². The van der Waals surface area contributed by atoms with Crippen LogP contribution >= 0.6 is 0 Å². The fraction of sp³-hybridized carbons (Fsp3) is 0.333. The number of hydrogen-bond acceptors (Lipinski definition) is 5. The lowest BCUT2D eigenvalue weighted by atomic mass is 9.98. The molecule has 0 heterocycles. The van der Waals surface area contributed by atoms with E-state index in [0.717, 1.165) is 0 Å². The van der Waals surface area contributed by atoms with Crippen LogP contribution in [-0.4, -0.2) is 37.1 Å². The number of aliphatic carboxylic acids is 1. The summed E-state index contributed by atoms with van der Waals surface area (Å²) in [7, 11) is 2.87. The van der Waals surface area contributed by atoms with E-state index in [2.05, 4.69) is 0 Å². The lowest BCUT2D eigenvalue weighted by molar-refractivity contribution is -0.137. The van der Waals surface area contributed by atoms with E-state index < -0.39 is 17.8 Å². The Hall–Kier alpha value is -2.08. The van der Waals surface area contributed by atoms with E-state index in [0.29, 0.717) is 11.3 Å². The monoisotopic (exact) mass is 253 g/mol. The maximum Gasteiger partial charge on any atom is 0.328 e. The number of hydrogen-bond donors (Lipinski definition) is 2. The van der Waals surface area contributed by atoms with Gasteiger partial charge in [-0.25, -0.2) is 0 Å². The predicted octanol–water partition coefficient (Wildman–Crippen LogP) is 0.607. The molecule has 0 bridgehead atoms. The third-order valence-corrected chi connectivity index (χ3v) is 2.52. The number of carboxylic acids is 1. The molecule has 0 spiro atoms. The van der Waals surface area contributed by atoms with Crippen LogP contribution in [0.3, 0.4) is 0 Å². The first-order chi connectivity index (χ1) is 8.42. The van der Waals surface area contributed by atoms with Gasteiger partial charge in [0, 0.05) is 6.07 Å². The Morgan fingerprint density at radius 1 is 1.28 bits per heavy atom. The van der Waals surface area contributed by atoms with Gasteiger partial charge >= 0.3 is 5.97 Å². The van der Waals surface area contributed by atoms with Crippen LogP contribution in [0.25, 0.3) is 0 Å². The first-order valence-corrected chi connectivity index (χ1v) is 5.17. The van der Waals surface area contributed by atoms with E-state index in [9.17, 15) is 9.59 Å². The van der Waals surface area contributed by atoms with Gasteiger partial charge in [-0.05, 0) is 18.6 Å². The normalized spacial score (nSPS) is 11.8. The topological polar surface area (TPSA) is 98.9 Å². The number of rotatable bonds is 5. The van der Waals surface area contributed by atoms with Gasteiger partial charge in [0.05, 0.1) is 19.8 Å². The highest BCUT2D eigenvalue weighted by Gasteiger charge is 2.27. The van der Waals surface area contributed by atoms with Gasteiger partial charge in [0.2, 0.25) is 0 Å². The number of nitrogens with two attached hydrogens (primary N) is 1. The van der Waals surface area contributed by atoms with Crippen molar-refractivity contribution in [3.05, 3.63) is 23.3 Å². The molecule has 1 aromatic carbocycles. The molecular formula is C12H15NO5. The summed E-state index contributed by atoms with van der Waals surface area (Å²) in [4.78, 5) is 22.7. The maximum absolute atomic E-state index is 12.0. The van der Waals surface area contributed by atoms with Gasteiger partial charge in [0.1, 0.15) is 11.5 Å². The van der Waals surface area contributed by atoms with Gasteiger partial charge in [-0.1, -0.05) is 0 Å². The standard InChI is InChI=1S/C12H15NO5/c1-6-4-7(17-2)5-8(18-3)9(6)11(14)10(13)12(15)16/h4-5,10H,13H2,1-3H3,(H,15,16). The second-order valence-electron chi connectivity index (χ2n) is 3.70. The van der Waals surface area contributed by atoms with E-state index >= 15 is 0 Å². The number of carbonyl (C=O) groups is 2. The van der Waals surface area contributed by atoms with Gasteiger partial charge in [-0.3, -0.25) is 9.59 Å². The van der Waals surface area contributed by atoms with Crippen molar-refractivity contribution in [3.8, 4) is 11.5 Å². The molecular weight excluding hydrogens is 238 g/mol. The summed E-state index contributed by atoms with van der Waals surface area (Å²) in [5, 5.41) is 8.76. The smallest absolute Gasteiger partial charge is 0.328 e. The third-order valence-electron chi connectivity index (χ3n) is 2.52. The minimum Gasteiger partial charge on any atom is -0.497 e. The highest BCUT2D eigenvalue weighted by molar-refractivity contribution is 6.13. The number of aryl methyl sites for hydroxylation is 1. The van der Waals surface area contributed by atoms with Crippen molar-refractivity contribution in [2.24, 2.45) is 5.73 Å². The van der Waals surface area contributed by atoms with Crippen molar-refractivity contribution in [2.45, 2.75) is 13.0 Å². The van der Waals surface area contributed by atoms with E-state index in [4.69, 9.17) is 20.3 Å². The summed E-state index contributed by atoms with van der Waals surface area (Å²) >= 11 is 0. The van der Waals surface area contributed by atoms with Crippen molar-refractivity contribution in [3.63, 3.8) is 0 Å². The third kappa shape index (κ3) is 2.60. The lowest BCUT2D eigenvalue weighted by Gasteiger charge is -2.14. The zero-order valence-electron chi connectivity index (χ0n) is 10.4. The highest BCUT2D eigenvalue weighted by atomic mass is 16.5. The fourth-order valence-corrected chi connectivity index (χ4v) is 1.59. The second kappa shape index (κ2) is 5.50. The van der Waals surface area contributed by atoms with Gasteiger partial charge in [-0.15, -0.1) is 0 Å². The molecule has 18 heavy (non-hydrogen) atoms. The highest BCUT2D eigenvalue weighted by Crippen LogP contribution is 2.29. The number of benzene rings is 1. The molecule has 1 unspecified atom stereocenters. The number of methoxy groups -OCH3 is 2. The molecule has 0 saturated carbocycles. The number of ketones is 1. The molecule has 0 aliphatic heterocycles. The van der Waals surface area contributed by atoms with Crippen LogP contribution in [0.4, 0.5) is 0 Å². The van der Waals surface area contributed by atoms with Crippen molar-refractivity contribution >= 4 is 11.8 Å². The van der Waals surface area contributed by atoms with E-state index in [1.165, 1.54) is 20.3 Å². The summed E-state index contributed by atoms with van der Waals surface area (Å²) in [5.74, 6) is -1.31. The molecule has 98 valence electrons. The van der Waals surface area contributed by atoms with E-state index in [1.54, 1.807) is 13.0 Å². The second-order valence-corrected chi connectivity index (χ2v) is 3.70. The molecule has 0 aromatic heterocycles. The van der Waals surface area contributed by atoms with Crippen molar-refractivity contribution in [1.29, 1.82) is 0 Å². The average Bonchev–Trinajstić information content (AvgIpc) is 2.35. The van der Waals surface area contributed by atoms with Crippen LogP contribution < -0.4 is 15.2 Å². The predicted molar refractivity (Wildman–Crippen MR) is 64.2 cm³/mol. The van der Waals surface area contributed by atoms with Crippen LogP contribution in [0, 0.1) is 6.92 Å². The molecule has 1 atom stereocenters. The lowest BCUT2D eigenvalue weighted by Crippen LogP contribution is -2.39. The Labute approximate surface area is 104 Å². The van der Waals surface area contributed by atoms with Crippen LogP contribution in [0.1, 0.15) is 15.9 Å². The first kappa shape index (κ1) is 14.0. The fourth-order valence-electron chi connectivity index (χ4n) is 1.59. The molecule has 6 nitrogen and oxygen atoms in total. The molecule has 1 rings (SSSR count).